The molecule has 1 aromatic carbocycles. The average Bonchev–Trinajstić information content (AvgIpc) is 3.30. The molecule has 1 atom stereocenters. The molecule has 1 heterocycles. The summed E-state index contributed by atoms with van der Waals surface area (Å²) < 4.78 is 11.6. The van der Waals surface area contributed by atoms with E-state index in [9.17, 15) is 0 Å². The van der Waals surface area contributed by atoms with Gasteiger partial charge in [0.05, 0.1) is 6.54 Å². The predicted molar refractivity (Wildman–Crippen MR) is 92.1 cm³/mol. The molecule has 0 radical (unpaired) electrons. The maximum atomic E-state index is 5.92. The molecule has 0 aromatic heterocycles. The van der Waals surface area contributed by atoms with E-state index in [0.717, 1.165) is 56.8 Å². The molecular weight excluding hydrogens is 290 g/mol. The SMILES string of the molecule is CN=C(NCCCOCC1CC1)NCC1Cc2ccccc2O1. The number of fused-ring (bicyclic) bond motifs is 1. The molecule has 1 aliphatic heterocycles. The summed E-state index contributed by atoms with van der Waals surface area (Å²) in [6.45, 7) is 3.39. The van der Waals surface area contributed by atoms with Crippen LogP contribution in [0.2, 0.25) is 0 Å². The van der Waals surface area contributed by atoms with Gasteiger partial charge in [0, 0.05) is 33.2 Å². The molecule has 0 amide bonds. The van der Waals surface area contributed by atoms with Crippen molar-refractivity contribution >= 4 is 5.96 Å². The Kier molecular flexibility index (Phi) is 5.75. The van der Waals surface area contributed by atoms with Crippen LogP contribution >= 0.6 is 0 Å². The summed E-state index contributed by atoms with van der Waals surface area (Å²) in [6, 6.07) is 8.23. The lowest BCUT2D eigenvalue weighted by Gasteiger charge is -2.15. The van der Waals surface area contributed by atoms with Gasteiger partial charge in [0.25, 0.3) is 0 Å². The lowest BCUT2D eigenvalue weighted by Crippen LogP contribution is -2.42. The maximum Gasteiger partial charge on any atom is 0.191 e. The first-order valence-corrected chi connectivity index (χ1v) is 8.62. The molecule has 1 aliphatic carbocycles. The Morgan fingerprint density at radius 3 is 2.96 bits per heavy atom. The topological polar surface area (TPSA) is 54.9 Å². The maximum absolute atomic E-state index is 5.92. The minimum absolute atomic E-state index is 0.174. The molecule has 3 rings (SSSR count). The number of nitrogens with zero attached hydrogens (tertiary/aromatic N) is 1. The fraction of sp³-hybridized carbons (Fsp3) is 0.611. The molecule has 1 fully saturated rings. The van der Waals surface area contributed by atoms with Gasteiger partial charge >= 0.3 is 0 Å². The van der Waals surface area contributed by atoms with Crippen molar-refractivity contribution in [3.63, 3.8) is 0 Å². The summed E-state index contributed by atoms with van der Waals surface area (Å²) in [6.07, 6.45) is 4.82. The lowest BCUT2D eigenvalue weighted by atomic mass is 10.1. The van der Waals surface area contributed by atoms with Crippen molar-refractivity contribution in [3.8, 4) is 5.75 Å². The largest absolute Gasteiger partial charge is 0.488 e. The fourth-order valence-electron chi connectivity index (χ4n) is 2.71. The number of benzene rings is 1. The monoisotopic (exact) mass is 317 g/mol. The summed E-state index contributed by atoms with van der Waals surface area (Å²) >= 11 is 0. The van der Waals surface area contributed by atoms with Crippen LogP contribution < -0.4 is 15.4 Å². The highest BCUT2D eigenvalue weighted by atomic mass is 16.5. The number of hydrogen-bond acceptors (Lipinski definition) is 3. The van der Waals surface area contributed by atoms with Crippen molar-refractivity contribution in [2.45, 2.75) is 31.8 Å². The van der Waals surface area contributed by atoms with Gasteiger partial charge in [0.15, 0.2) is 5.96 Å². The first-order valence-electron chi connectivity index (χ1n) is 8.62. The van der Waals surface area contributed by atoms with Crippen molar-refractivity contribution in [2.75, 3.05) is 33.4 Å². The summed E-state index contributed by atoms with van der Waals surface area (Å²) in [5.41, 5.74) is 1.29. The van der Waals surface area contributed by atoms with Gasteiger partial charge in [-0.1, -0.05) is 18.2 Å². The smallest absolute Gasteiger partial charge is 0.191 e. The number of guanidine groups is 1. The third kappa shape index (κ3) is 5.13. The molecule has 0 saturated heterocycles. The second kappa shape index (κ2) is 8.20. The van der Waals surface area contributed by atoms with Gasteiger partial charge in [-0.3, -0.25) is 4.99 Å². The number of ether oxygens (including phenoxy) is 2. The van der Waals surface area contributed by atoms with Gasteiger partial charge in [-0.15, -0.1) is 0 Å². The minimum atomic E-state index is 0.174. The van der Waals surface area contributed by atoms with Crippen molar-refractivity contribution in [2.24, 2.45) is 10.9 Å². The third-order valence-electron chi connectivity index (χ3n) is 4.24. The molecule has 0 spiro atoms. The van der Waals surface area contributed by atoms with E-state index in [0.29, 0.717) is 0 Å². The van der Waals surface area contributed by atoms with Crippen molar-refractivity contribution < 1.29 is 9.47 Å². The van der Waals surface area contributed by atoms with Gasteiger partial charge < -0.3 is 20.1 Å². The van der Waals surface area contributed by atoms with E-state index in [1.54, 1.807) is 7.05 Å². The zero-order valence-electron chi connectivity index (χ0n) is 13.9. The number of aliphatic imine (C=N–C) groups is 1. The molecule has 1 unspecified atom stereocenters. The Morgan fingerprint density at radius 2 is 2.17 bits per heavy atom. The van der Waals surface area contributed by atoms with Gasteiger partial charge in [-0.05, 0) is 36.8 Å². The summed E-state index contributed by atoms with van der Waals surface area (Å²) in [4.78, 5) is 4.25. The Labute approximate surface area is 138 Å². The summed E-state index contributed by atoms with van der Waals surface area (Å²) in [7, 11) is 1.79. The zero-order valence-corrected chi connectivity index (χ0v) is 13.9. The molecule has 1 aromatic rings. The van der Waals surface area contributed by atoms with Crippen LogP contribution in [0.5, 0.6) is 5.75 Å². The highest BCUT2D eigenvalue weighted by molar-refractivity contribution is 5.79. The second-order valence-electron chi connectivity index (χ2n) is 6.30. The molecule has 5 nitrogen and oxygen atoms in total. The second-order valence-corrected chi connectivity index (χ2v) is 6.30. The molecule has 2 N–H and O–H groups in total. The highest BCUT2D eigenvalue weighted by Crippen LogP contribution is 2.29. The van der Waals surface area contributed by atoms with Crippen LogP contribution in [0, 0.1) is 5.92 Å². The molecule has 5 heteroatoms. The first-order chi connectivity index (χ1) is 11.3. The average molecular weight is 317 g/mol. The van der Waals surface area contributed by atoms with E-state index >= 15 is 0 Å². The molecule has 23 heavy (non-hydrogen) atoms. The summed E-state index contributed by atoms with van der Waals surface area (Å²) in [5, 5.41) is 6.66. The van der Waals surface area contributed by atoms with Crippen LogP contribution in [0.15, 0.2) is 29.3 Å². The van der Waals surface area contributed by atoms with E-state index in [1.807, 2.05) is 12.1 Å². The highest BCUT2D eigenvalue weighted by Gasteiger charge is 2.22. The number of para-hydroxylation sites is 1. The standard InChI is InChI=1S/C18H27N3O2/c1-19-18(20-9-4-10-22-13-14-7-8-14)21-12-16-11-15-5-2-3-6-17(15)23-16/h2-3,5-6,14,16H,4,7-13H2,1H3,(H2,19,20,21). The van der Waals surface area contributed by atoms with E-state index in [1.165, 1.54) is 18.4 Å². The van der Waals surface area contributed by atoms with E-state index in [2.05, 4.69) is 27.8 Å². The molecule has 2 aliphatic rings. The Bertz CT molecular complexity index is 504. The van der Waals surface area contributed by atoms with E-state index in [-0.39, 0.29) is 6.10 Å². The van der Waals surface area contributed by atoms with Crippen LogP contribution in [0.1, 0.15) is 24.8 Å². The third-order valence-corrected chi connectivity index (χ3v) is 4.24. The van der Waals surface area contributed by atoms with Crippen LogP contribution in [0.4, 0.5) is 0 Å². The van der Waals surface area contributed by atoms with Gasteiger partial charge in [-0.25, -0.2) is 0 Å². The minimum Gasteiger partial charge on any atom is -0.488 e. The zero-order chi connectivity index (χ0) is 15.9. The Morgan fingerprint density at radius 1 is 1.30 bits per heavy atom. The number of rotatable bonds is 8. The van der Waals surface area contributed by atoms with Crippen LogP contribution in [0.25, 0.3) is 0 Å². The lowest BCUT2D eigenvalue weighted by molar-refractivity contribution is 0.123. The van der Waals surface area contributed by atoms with Crippen LogP contribution in [-0.4, -0.2) is 45.4 Å². The van der Waals surface area contributed by atoms with Crippen LogP contribution in [-0.2, 0) is 11.2 Å². The molecule has 126 valence electrons. The van der Waals surface area contributed by atoms with E-state index < -0.39 is 0 Å². The van der Waals surface area contributed by atoms with Gasteiger partial charge in [0.2, 0.25) is 0 Å². The molecule has 0 bridgehead atoms. The van der Waals surface area contributed by atoms with Gasteiger partial charge in [-0.2, -0.15) is 0 Å². The number of hydrogen-bond donors (Lipinski definition) is 2. The fourth-order valence-corrected chi connectivity index (χ4v) is 2.71. The van der Waals surface area contributed by atoms with Crippen molar-refractivity contribution in [1.29, 1.82) is 0 Å². The van der Waals surface area contributed by atoms with Crippen molar-refractivity contribution in [1.82, 2.24) is 10.6 Å². The van der Waals surface area contributed by atoms with Gasteiger partial charge in [0.1, 0.15) is 11.9 Å². The normalized spacial score (nSPS) is 20.0. The molecule has 1 saturated carbocycles. The first kappa shape index (κ1) is 16.1. The molecular formula is C18H27N3O2. The van der Waals surface area contributed by atoms with E-state index in [4.69, 9.17) is 9.47 Å². The van der Waals surface area contributed by atoms with Crippen molar-refractivity contribution in [3.05, 3.63) is 29.8 Å². The summed E-state index contributed by atoms with van der Waals surface area (Å²) in [5.74, 6) is 2.68. The quantitative estimate of drug-likeness (QED) is 0.437. The Balaban J connectivity index is 1.28. The van der Waals surface area contributed by atoms with Crippen LogP contribution in [0.3, 0.4) is 0 Å². The Hall–Kier alpha value is -1.75. The number of nitrogens with one attached hydrogen (secondary N) is 2. The predicted octanol–water partition coefficient (Wildman–Crippen LogP) is 1.97.